The van der Waals surface area contributed by atoms with E-state index in [0.717, 1.165) is 31.5 Å². The molecule has 2 aliphatic heterocycles. The Balaban J connectivity index is 1.55. The van der Waals surface area contributed by atoms with Crippen LogP contribution in [0.15, 0.2) is 47.4 Å². The van der Waals surface area contributed by atoms with E-state index in [4.69, 9.17) is 12.2 Å². The molecule has 0 unspecified atom stereocenters. The van der Waals surface area contributed by atoms with Crippen molar-refractivity contribution in [2.24, 2.45) is 0 Å². The Hall–Kier alpha value is -1.92. The number of thiocarbonyl (C=S) groups is 1. The molecule has 27 heavy (non-hydrogen) atoms. The van der Waals surface area contributed by atoms with Crippen molar-refractivity contribution in [3.05, 3.63) is 53.0 Å². The Morgan fingerprint density at radius 3 is 2.52 bits per heavy atom. The normalized spacial score (nSPS) is 19.9. The van der Waals surface area contributed by atoms with Gasteiger partial charge in [0.25, 0.3) is 5.91 Å². The van der Waals surface area contributed by atoms with Gasteiger partial charge in [0.2, 0.25) is 5.91 Å². The van der Waals surface area contributed by atoms with Crippen molar-refractivity contribution < 1.29 is 9.59 Å². The summed E-state index contributed by atoms with van der Waals surface area (Å²) in [4.78, 5) is 29.1. The first-order chi connectivity index (χ1) is 13.1. The van der Waals surface area contributed by atoms with Gasteiger partial charge in [-0.05, 0) is 24.5 Å². The van der Waals surface area contributed by atoms with Gasteiger partial charge in [0, 0.05) is 26.1 Å². The predicted molar refractivity (Wildman–Crippen MR) is 115 cm³/mol. The first-order valence-corrected chi connectivity index (χ1v) is 10.6. The lowest BCUT2D eigenvalue weighted by Gasteiger charge is -2.22. The number of rotatable bonds is 5. The van der Waals surface area contributed by atoms with Gasteiger partial charge in [-0.15, -0.1) is 0 Å². The van der Waals surface area contributed by atoms with Crippen molar-refractivity contribution in [1.82, 2.24) is 9.80 Å². The monoisotopic (exact) mass is 400 g/mol. The first kappa shape index (κ1) is 19.8. The highest BCUT2D eigenvalue weighted by Gasteiger charge is 2.32. The molecule has 0 radical (unpaired) electrons. The number of thioether (sulfide) groups is 1. The van der Waals surface area contributed by atoms with Gasteiger partial charge in [0.1, 0.15) is 4.32 Å². The molecule has 3 rings (SSSR count). The Morgan fingerprint density at radius 1 is 1.11 bits per heavy atom. The van der Waals surface area contributed by atoms with Gasteiger partial charge in [0.15, 0.2) is 0 Å². The van der Waals surface area contributed by atoms with E-state index in [1.165, 1.54) is 24.6 Å². The smallest absolute Gasteiger partial charge is 0.266 e. The largest absolute Gasteiger partial charge is 0.343 e. The summed E-state index contributed by atoms with van der Waals surface area (Å²) in [7, 11) is 0. The maximum Gasteiger partial charge on any atom is 0.266 e. The highest BCUT2D eigenvalue weighted by Crippen LogP contribution is 2.31. The number of likely N-dealkylation sites (tertiary alicyclic amines) is 1. The number of amides is 2. The van der Waals surface area contributed by atoms with Crippen LogP contribution in [0.5, 0.6) is 0 Å². The summed E-state index contributed by atoms with van der Waals surface area (Å²) in [6.07, 6.45) is 10.5. The minimum atomic E-state index is -0.105. The second-order valence-electron chi connectivity index (χ2n) is 6.67. The zero-order valence-corrected chi connectivity index (χ0v) is 16.9. The topological polar surface area (TPSA) is 40.6 Å². The van der Waals surface area contributed by atoms with Gasteiger partial charge in [0.05, 0.1) is 4.91 Å². The zero-order valence-electron chi connectivity index (χ0n) is 15.3. The lowest BCUT2D eigenvalue weighted by molar-refractivity contribution is -0.131. The van der Waals surface area contributed by atoms with E-state index in [1.807, 2.05) is 47.4 Å². The summed E-state index contributed by atoms with van der Waals surface area (Å²) in [5.74, 6) is 0.0188. The van der Waals surface area contributed by atoms with Crippen LogP contribution in [0.3, 0.4) is 0 Å². The number of hydrogen-bond acceptors (Lipinski definition) is 4. The molecule has 2 aliphatic rings. The van der Waals surface area contributed by atoms with Gasteiger partial charge in [-0.1, -0.05) is 79.3 Å². The summed E-state index contributed by atoms with van der Waals surface area (Å²) < 4.78 is 0.531. The van der Waals surface area contributed by atoms with Gasteiger partial charge in [-0.3, -0.25) is 14.5 Å². The van der Waals surface area contributed by atoms with E-state index in [2.05, 4.69) is 0 Å². The molecule has 6 heteroatoms. The number of allylic oxidation sites excluding steroid dienone is 2. The number of carbonyl (C=O) groups is 2. The van der Waals surface area contributed by atoms with E-state index in [9.17, 15) is 9.59 Å². The standard InChI is InChI=1S/C21H24N2O2S2/c24-19(22-14-6-1-2-7-15-22)13-16-23-20(25)18(27-21(23)26)12-8-11-17-9-4-3-5-10-17/h3-5,8-12H,1-2,6-7,13-16H2. The zero-order chi connectivity index (χ0) is 19.1. The van der Waals surface area contributed by atoms with Gasteiger partial charge < -0.3 is 4.90 Å². The lowest BCUT2D eigenvalue weighted by atomic mass is 10.2. The van der Waals surface area contributed by atoms with Crippen LogP contribution in [0.25, 0.3) is 6.08 Å². The SMILES string of the molecule is O=C(CCN1C(=O)C(=CC=Cc2ccccc2)SC1=S)N1CCCCCC1. The van der Waals surface area contributed by atoms with Gasteiger partial charge >= 0.3 is 0 Å². The molecule has 1 aromatic carbocycles. The van der Waals surface area contributed by atoms with E-state index in [-0.39, 0.29) is 11.8 Å². The van der Waals surface area contributed by atoms with Gasteiger partial charge in [-0.2, -0.15) is 0 Å². The molecule has 0 atom stereocenters. The summed E-state index contributed by atoms with van der Waals surface area (Å²) in [6, 6.07) is 9.92. The Morgan fingerprint density at radius 2 is 1.81 bits per heavy atom. The molecule has 0 aromatic heterocycles. The summed E-state index contributed by atoms with van der Waals surface area (Å²) in [6.45, 7) is 2.03. The number of nitrogens with zero attached hydrogens (tertiary/aromatic N) is 2. The molecule has 0 N–H and O–H groups in total. The summed E-state index contributed by atoms with van der Waals surface area (Å²) >= 11 is 6.65. The number of carbonyl (C=O) groups excluding carboxylic acids is 2. The lowest BCUT2D eigenvalue weighted by Crippen LogP contribution is -2.36. The fourth-order valence-corrected chi connectivity index (χ4v) is 4.46. The van der Waals surface area contributed by atoms with Crippen molar-refractivity contribution in [2.75, 3.05) is 19.6 Å². The third-order valence-corrected chi connectivity index (χ3v) is 6.11. The quantitative estimate of drug-likeness (QED) is 0.548. The maximum absolute atomic E-state index is 12.6. The summed E-state index contributed by atoms with van der Waals surface area (Å²) in [5.41, 5.74) is 1.08. The fourth-order valence-electron chi connectivity index (χ4n) is 3.20. The maximum atomic E-state index is 12.6. The second kappa shape index (κ2) is 9.85. The van der Waals surface area contributed by atoms with Crippen LogP contribution in [0, 0.1) is 0 Å². The molecule has 2 heterocycles. The fraction of sp³-hybridized carbons (Fsp3) is 0.381. The highest BCUT2D eigenvalue weighted by molar-refractivity contribution is 8.26. The molecule has 0 spiro atoms. The molecular weight excluding hydrogens is 376 g/mol. The molecule has 2 saturated heterocycles. The molecule has 2 fully saturated rings. The summed E-state index contributed by atoms with van der Waals surface area (Å²) in [5, 5.41) is 0. The molecule has 4 nitrogen and oxygen atoms in total. The number of benzene rings is 1. The van der Waals surface area contributed by atoms with Crippen LogP contribution in [-0.4, -0.2) is 45.6 Å². The van der Waals surface area contributed by atoms with E-state index in [0.29, 0.717) is 22.2 Å². The Kier molecular flexibility index (Phi) is 7.24. The number of hydrogen-bond donors (Lipinski definition) is 0. The van der Waals surface area contributed by atoms with Crippen molar-refractivity contribution in [3.8, 4) is 0 Å². The highest BCUT2D eigenvalue weighted by atomic mass is 32.2. The Bertz CT molecular complexity index is 751. The van der Waals surface area contributed by atoms with Crippen LogP contribution < -0.4 is 0 Å². The molecule has 142 valence electrons. The van der Waals surface area contributed by atoms with Crippen LogP contribution in [0.4, 0.5) is 0 Å². The molecule has 0 aliphatic carbocycles. The minimum Gasteiger partial charge on any atom is -0.343 e. The average Bonchev–Trinajstić information content (AvgIpc) is 2.87. The van der Waals surface area contributed by atoms with Crippen LogP contribution in [0.1, 0.15) is 37.7 Å². The van der Waals surface area contributed by atoms with Crippen LogP contribution >= 0.6 is 24.0 Å². The van der Waals surface area contributed by atoms with Crippen molar-refractivity contribution in [2.45, 2.75) is 32.1 Å². The molecule has 0 bridgehead atoms. The van der Waals surface area contributed by atoms with E-state index >= 15 is 0 Å². The van der Waals surface area contributed by atoms with Crippen LogP contribution in [0.2, 0.25) is 0 Å². The molecule has 2 amide bonds. The molecular formula is C21H24N2O2S2. The second-order valence-corrected chi connectivity index (χ2v) is 8.35. The Labute approximate surface area is 170 Å². The molecule has 0 saturated carbocycles. The third-order valence-electron chi connectivity index (χ3n) is 4.72. The van der Waals surface area contributed by atoms with E-state index in [1.54, 1.807) is 11.0 Å². The minimum absolute atomic E-state index is 0.105. The van der Waals surface area contributed by atoms with Crippen molar-refractivity contribution >= 4 is 46.2 Å². The van der Waals surface area contributed by atoms with Crippen molar-refractivity contribution in [3.63, 3.8) is 0 Å². The first-order valence-electron chi connectivity index (χ1n) is 9.40. The average molecular weight is 401 g/mol. The van der Waals surface area contributed by atoms with E-state index < -0.39 is 0 Å². The third kappa shape index (κ3) is 5.53. The van der Waals surface area contributed by atoms with Crippen molar-refractivity contribution in [1.29, 1.82) is 0 Å². The predicted octanol–water partition coefficient (Wildman–Crippen LogP) is 4.24. The molecule has 1 aromatic rings. The van der Waals surface area contributed by atoms with Crippen LogP contribution in [-0.2, 0) is 9.59 Å². The van der Waals surface area contributed by atoms with Gasteiger partial charge in [-0.25, -0.2) is 0 Å².